The molecule has 0 spiro atoms. The largest absolute Gasteiger partial charge is 0.487 e. The molecule has 0 saturated carbocycles. The Morgan fingerprint density at radius 1 is 1.35 bits per heavy atom. The van der Waals surface area contributed by atoms with Gasteiger partial charge in [-0.15, -0.1) is 0 Å². The van der Waals surface area contributed by atoms with Crippen molar-refractivity contribution in [1.82, 2.24) is 5.32 Å². The summed E-state index contributed by atoms with van der Waals surface area (Å²) in [5, 5.41) is 3.27. The van der Waals surface area contributed by atoms with Gasteiger partial charge in [0.2, 0.25) is 0 Å². The third-order valence-corrected chi connectivity index (χ3v) is 3.79. The first-order valence-corrected chi connectivity index (χ1v) is 7.49. The van der Waals surface area contributed by atoms with Crippen LogP contribution in [0, 0.1) is 0 Å². The van der Waals surface area contributed by atoms with Crippen molar-refractivity contribution >= 4 is 17.5 Å². The number of benzene rings is 1. The van der Waals surface area contributed by atoms with Crippen LogP contribution >= 0.6 is 11.6 Å². The van der Waals surface area contributed by atoms with Crippen molar-refractivity contribution in [3.8, 4) is 5.75 Å². The van der Waals surface area contributed by atoms with Gasteiger partial charge in [-0.3, -0.25) is 4.79 Å². The van der Waals surface area contributed by atoms with Crippen LogP contribution in [-0.2, 0) is 0 Å². The van der Waals surface area contributed by atoms with Crippen LogP contribution in [0.5, 0.6) is 5.75 Å². The Labute approximate surface area is 126 Å². The first kappa shape index (κ1) is 16.8. The SMILES string of the molecule is CCC(C)(CC)Oc1cccc(Cl)c1C(=O)NC(C)C. The summed E-state index contributed by atoms with van der Waals surface area (Å²) in [6, 6.07) is 5.36. The Kier molecular flexibility index (Phi) is 5.88. The second-order valence-corrected chi connectivity index (χ2v) is 5.91. The Balaban J connectivity index is 3.14. The number of nitrogens with one attached hydrogen (secondary N) is 1. The molecule has 112 valence electrons. The van der Waals surface area contributed by atoms with E-state index in [4.69, 9.17) is 16.3 Å². The molecule has 0 fully saturated rings. The van der Waals surface area contributed by atoms with E-state index in [2.05, 4.69) is 19.2 Å². The van der Waals surface area contributed by atoms with Crippen molar-refractivity contribution in [2.24, 2.45) is 0 Å². The summed E-state index contributed by atoms with van der Waals surface area (Å²) in [7, 11) is 0. The van der Waals surface area contributed by atoms with Crippen molar-refractivity contribution in [1.29, 1.82) is 0 Å². The number of hydrogen-bond donors (Lipinski definition) is 1. The number of rotatable bonds is 6. The van der Waals surface area contributed by atoms with E-state index in [0.717, 1.165) is 12.8 Å². The Hall–Kier alpha value is -1.22. The molecule has 0 atom stereocenters. The molecule has 1 N–H and O–H groups in total. The number of carbonyl (C=O) groups excluding carboxylic acids is 1. The lowest BCUT2D eigenvalue weighted by Gasteiger charge is -2.29. The zero-order valence-corrected chi connectivity index (χ0v) is 13.7. The fraction of sp³-hybridized carbons (Fsp3) is 0.562. The second kappa shape index (κ2) is 6.98. The minimum Gasteiger partial charge on any atom is -0.487 e. The summed E-state index contributed by atoms with van der Waals surface area (Å²) in [5.41, 5.74) is 0.119. The van der Waals surface area contributed by atoms with Crippen LogP contribution in [0.1, 0.15) is 57.8 Å². The highest BCUT2D eigenvalue weighted by Gasteiger charge is 2.25. The summed E-state index contributed by atoms with van der Waals surface area (Å²) in [5.74, 6) is 0.344. The van der Waals surface area contributed by atoms with E-state index in [1.54, 1.807) is 18.2 Å². The molecule has 3 nitrogen and oxygen atoms in total. The second-order valence-electron chi connectivity index (χ2n) is 5.50. The summed E-state index contributed by atoms with van der Waals surface area (Å²) in [4.78, 5) is 12.3. The minimum absolute atomic E-state index is 0.0513. The van der Waals surface area contributed by atoms with Gasteiger partial charge in [0, 0.05) is 6.04 Å². The highest BCUT2D eigenvalue weighted by atomic mass is 35.5. The van der Waals surface area contributed by atoms with Gasteiger partial charge in [0.25, 0.3) is 5.91 Å². The van der Waals surface area contributed by atoms with Gasteiger partial charge in [0.15, 0.2) is 0 Å². The molecule has 0 heterocycles. The molecule has 0 bridgehead atoms. The van der Waals surface area contributed by atoms with Crippen molar-refractivity contribution < 1.29 is 9.53 Å². The molecule has 0 aliphatic carbocycles. The predicted octanol–water partition coefficient (Wildman–Crippen LogP) is 4.44. The van der Waals surface area contributed by atoms with E-state index in [0.29, 0.717) is 16.3 Å². The highest BCUT2D eigenvalue weighted by Crippen LogP contribution is 2.31. The average molecular weight is 298 g/mol. The average Bonchev–Trinajstić information content (AvgIpc) is 2.37. The van der Waals surface area contributed by atoms with Crippen LogP contribution in [0.15, 0.2) is 18.2 Å². The lowest BCUT2D eigenvalue weighted by atomic mass is 9.99. The number of hydrogen-bond acceptors (Lipinski definition) is 2. The van der Waals surface area contributed by atoms with Crippen LogP contribution in [0.25, 0.3) is 0 Å². The van der Waals surface area contributed by atoms with Crippen LogP contribution < -0.4 is 10.1 Å². The third-order valence-electron chi connectivity index (χ3n) is 3.47. The lowest BCUT2D eigenvalue weighted by molar-refractivity contribution is 0.0763. The fourth-order valence-electron chi connectivity index (χ4n) is 1.80. The van der Waals surface area contributed by atoms with Crippen molar-refractivity contribution in [2.45, 2.75) is 59.1 Å². The predicted molar refractivity (Wildman–Crippen MR) is 83.7 cm³/mol. The quantitative estimate of drug-likeness (QED) is 0.843. The standard InChI is InChI=1S/C16H24ClNO2/c1-6-16(5,7-2)20-13-10-8-9-12(17)14(13)15(19)18-11(3)4/h8-11H,6-7H2,1-5H3,(H,18,19). The summed E-state index contributed by atoms with van der Waals surface area (Å²) >= 11 is 6.18. The zero-order chi connectivity index (χ0) is 15.3. The van der Waals surface area contributed by atoms with Crippen LogP contribution in [0.4, 0.5) is 0 Å². The van der Waals surface area contributed by atoms with E-state index >= 15 is 0 Å². The Morgan fingerprint density at radius 3 is 2.45 bits per heavy atom. The van der Waals surface area contributed by atoms with Crippen molar-refractivity contribution in [3.05, 3.63) is 28.8 Å². The highest BCUT2D eigenvalue weighted by molar-refractivity contribution is 6.34. The van der Waals surface area contributed by atoms with Crippen molar-refractivity contribution in [3.63, 3.8) is 0 Å². The van der Waals surface area contributed by atoms with E-state index in [-0.39, 0.29) is 17.6 Å². The van der Waals surface area contributed by atoms with E-state index in [9.17, 15) is 4.79 Å². The smallest absolute Gasteiger partial charge is 0.256 e. The van der Waals surface area contributed by atoms with Gasteiger partial charge < -0.3 is 10.1 Å². The van der Waals surface area contributed by atoms with Gasteiger partial charge in [-0.05, 0) is 45.7 Å². The first-order valence-electron chi connectivity index (χ1n) is 7.11. The zero-order valence-electron chi connectivity index (χ0n) is 12.9. The maximum Gasteiger partial charge on any atom is 0.256 e. The van der Waals surface area contributed by atoms with Crippen molar-refractivity contribution in [2.75, 3.05) is 0 Å². The van der Waals surface area contributed by atoms with E-state index in [1.807, 2.05) is 20.8 Å². The van der Waals surface area contributed by atoms with Gasteiger partial charge in [0.1, 0.15) is 11.4 Å². The molecular weight excluding hydrogens is 274 g/mol. The number of halogens is 1. The molecule has 0 aromatic heterocycles. The molecule has 0 aliphatic rings. The van der Waals surface area contributed by atoms with Crippen LogP contribution in [0.3, 0.4) is 0 Å². The molecule has 1 aromatic rings. The number of ether oxygens (including phenoxy) is 1. The Bertz CT molecular complexity index is 468. The van der Waals surface area contributed by atoms with Crippen LogP contribution in [-0.4, -0.2) is 17.6 Å². The number of amides is 1. The van der Waals surface area contributed by atoms with Gasteiger partial charge in [0.05, 0.1) is 10.6 Å². The fourth-order valence-corrected chi connectivity index (χ4v) is 2.06. The summed E-state index contributed by atoms with van der Waals surface area (Å²) < 4.78 is 6.07. The summed E-state index contributed by atoms with van der Waals surface area (Å²) in [6.45, 7) is 10.0. The molecule has 0 saturated heterocycles. The molecule has 0 aliphatic heterocycles. The van der Waals surface area contributed by atoms with Gasteiger partial charge >= 0.3 is 0 Å². The Morgan fingerprint density at radius 2 is 1.95 bits per heavy atom. The van der Waals surface area contributed by atoms with Gasteiger partial charge in [-0.1, -0.05) is 31.5 Å². The number of carbonyl (C=O) groups is 1. The molecule has 0 unspecified atom stereocenters. The van der Waals surface area contributed by atoms with Gasteiger partial charge in [-0.25, -0.2) is 0 Å². The molecule has 20 heavy (non-hydrogen) atoms. The van der Waals surface area contributed by atoms with Gasteiger partial charge in [-0.2, -0.15) is 0 Å². The van der Waals surface area contributed by atoms with Crippen LogP contribution in [0.2, 0.25) is 5.02 Å². The maximum absolute atomic E-state index is 12.3. The first-order chi connectivity index (χ1) is 9.33. The molecule has 4 heteroatoms. The summed E-state index contributed by atoms with van der Waals surface area (Å²) in [6.07, 6.45) is 1.72. The molecule has 1 rings (SSSR count). The molecule has 1 amide bonds. The maximum atomic E-state index is 12.3. The normalized spacial score (nSPS) is 11.6. The van der Waals surface area contributed by atoms with E-state index < -0.39 is 0 Å². The third kappa shape index (κ3) is 4.14. The van der Waals surface area contributed by atoms with E-state index in [1.165, 1.54) is 0 Å². The minimum atomic E-state index is -0.294. The molecule has 1 aromatic carbocycles. The topological polar surface area (TPSA) is 38.3 Å². The lowest BCUT2D eigenvalue weighted by Crippen LogP contribution is -2.34. The monoisotopic (exact) mass is 297 g/mol. The molecule has 0 radical (unpaired) electrons. The molecular formula is C16H24ClNO2.